The molecule has 2 aromatic rings. The zero-order chi connectivity index (χ0) is 14.9. The Kier molecular flexibility index (Phi) is 3.77. The molecule has 0 aliphatic rings. The number of rotatable bonds is 2. The lowest BCUT2D eigenvalue weighted by Gasteiger charge is -2.08. The summed E-state index contributed by atoms with van der Waals surface area (Å²) >= 11 is 5.89. The fraction of sp³-hybridized carbons (Fsp3) is 0.214. The van der Waals surface area contributed by atoms with E-state index in [0.29, 0.717) is 27.5 Å². The predicted octanol–water partition coefficient (Wildman–Crippen LogP) is 2.81. The minimum atomic E-state index is -0.299. The van der Waals surface area contributed by atoms with Gasteiger partial charge in [-0.05, 0) is 32.0 Å². The molecular formula is C14H13ClN4O. The van der Waals surface area contributed by atoms with Crippen molar-refractivity contribution in [2.24, 2.45) is 7.05 Å². The minimum Gasteiger partial charge on any atom is -0.321 e. The lowest BCUT2D eigenvalue weighted by Crippen LogP contribution is -2.15. The molecule has 5 nitrogen and oxygen atoms in total. The van der Waals surface area contributed by atoms with Crippen molar-refractivity contribution in [2.75, 3.05) is 5.32 Å². The second kappa shape index (κ2) is 5.35. The van der Waals surface area contributed by atoms with Crippen LogP contribution < -0.4 is 5.32 Å². The van der Waals surface area contributed by atoms with Crippen molar-refractivity contribution in [3.8, 4) is 6.07 Å². The van der Waals surface area contributed by atoms with Gasteiger partial charge in [0.05, 0.1) is 22.5 Å². The Morgan fingerprint density at radius 2 is 2.15 bits per heavy atom. The first kappa shape index (κ1) is 14.1. The zero-order valence-electron chi connectivity index (χ0n) is 11.4. The zero-order valence-corrected chi connectivity index (χ0v) is 12.1. The quantitative estimate of drug-likeness (QED) is 0.923. The van der Waals surface area contributed by atoms with Crippen LogP contribution in [-0.2, 0) is 7.05 Å². The second-order valence-corrected chi connectivity index (χ2v) is 4.86. The predicted molar refractivity (Wildman–Crippen MR) is 76.8 cm³/mol. The summed E-state index contributed by atoms with van der Waals surface area (Å²) < 4.78 is 1.65. The minimum absolute atomic E-state index is 0.299. The van der Waals surface area contributed by atoms with Crippen LogP contribution in [0.4, 0.5) is 5.69 Å². The van der Waals surface area contributed by atoms with Gasteiger partial charge in [0.2, 0.25) is 0 Å². The van der Waals surface area contributed by atoms with Crippen LogP contribution in [0.25, 0.3) is 0 Å². The van der Waals surface area contributed by atoms with E-state index in [-0.39, 0.29) is 5.91 Å². The molecule has 102 valence electrons. The Morgan fingerprint density at radius 1 is 1.45 bits per heavy atom. The topological polar surface area (TPSA) is 70.7 Å². The van der Waals surface area contributed by atoms with Crippen LogP contribution >= 0.6 is 11.6 Å². The van der Waals surface area contributed by atoms with E-state index < -0.39 is 0 Å². The molecule has 1 amide bonds. The highest BCUT2D eigenvalue weighted by atomic mass is 35.5. The van der Waals surface area contributed by atoms with Crippen molar-refractivity contribution >= 4 is 23.2 Å². The molecule has 0 aliphatic heterocycles. The number of halogens is 1. The van der Waals surface area contributed by atoms with E-state index in [2.05, 4.69) is 10.4 Å². The van der Waals surface area contributed by atoms with Crippen LogP contribution in [0.5, 0.6) is 0 Å². The summed E-state index contributed by atoms with van der Waals surface area (Å²) in [6, 6.07) is 6.75. The van der Waals surface area contributed by atoms with Crippen molar-refractivity contribution in [3.05, 3.63) is 45.7 Å². The number of hydrogen-bond donors (Lipinski definition) is 1. The molecule has 20 heavy (non-hydrogen) atoms. The molecule has 0 unspecified atom stereocenters. The Morgan fingerprint density at radius 3 is 2.70 bits per heavy atom. The van der Waals surface area contributed by atoms with Crippen LogP contribution in [0.3, 0.4) is 0 Å². The molecule has 0 radical (unpaired) electrons. The van der Waals surface area contributed by atoms with E-state index in [1.807, 2.05) is 13.0 Å². The number of anilines is 1. The number of nitriles is 1. The maximum absolute atomic E-state index is 12.3. The number of benzene rings is 1. The number of amides is 1. The van der Waals surface area contributed by atoms with E-state index in [9.17, 15) is 4.79 Å². The van der Waals surface area contributed by atoms with Crippen molar-refractivity contribution in [3.63, 3.8) is 0 Å². The number of aromatic nitrogens is 2. The van der Waals surface area contributed by atoms with Gasteiger partial charge in [0, 0.05) is 17.8 Å². The van der Waals surface area contributed by atoms with Crippen LogP contribution in [0.2, 0.25) is 5.02 Å². The molecule has 0 bridgehead atoms. The maximum atomic E-state index is 12.3. The van der Waals surface area contributed by atoms with Gasteiger partial charge in [-0.25, -0.2) is 0 Å². The first-order valence-electron chi connectivity index (χ1n) is 5.95. The standard InChI is InChI=1S/C14H13ClN4O/c1-8-13(9(2)19(3)18-8)14(20)17-12-6-11(15)5-4-10(12)7-16/h4-6H,1-3H3,(H,17,20). The van der Waals surface area contributed by atoms with Gasteiger partial charge in [-0.1, -0.05) is 11.6 Å². The number of carbonyl (C=O) groups excluding carboxylic acids is 1. The summed E-state index contributed by atoms with van der Waals surface area (Å²) in [7, 11) is 1.78. The van der Waals surface area contributed by atoms with Gasteiger partial charge in [0.1, 0.15) is 6.07 Å². The molecular weight excluding hydrogens is 276 g/mol. The van der Waals surface area contributed by atoms with Crippen LogP contribution in [-0.4, -0.2) is 15.7 Å². The largest absolute Gasteiger partial charge is 0.321 e. The highest BCUT2D eigenvalue weighted by molar-refractivity contribution is 6.31. The normalized spacial score (nSPS) is 10.2. The first-order chi connectivity index (χ1) is 9.43. The van der Waals surface area contributed by atoms with E-state index in [4.69, 9.17) is 16.9 Å². The summed E-state index contributed by atoms with van der Waals surface area (Å²) in [5.74, 6) is -0.299. The highest BCUT2D eigenvalue weighted by Gasteiger charge is 2.18. The van der Waals surface area contributed by atoms with E-state index in [1.165, 1.54) is 0 Å². The summed E-state index contributed by atoms with van der Waals surface area (Å²) in [6.07, 6.45) is 0. The average Bonchev–Trinajstić information content (AvgIpc) is 2.63. The molecule has 0 aliphatic carbocycles. The molecule has 6 heteroatoms. The van der Waals surface area contributed by atoms with E-state index >= 15 is 0 Å². The van der Waals surface area contributed by atoms with Crippen LogP contribution in [0.15, 0.2) is 18.2 Å². The summed E-state index contributed by atoms with van der Waals surface area (Å²) in [6.45, 7) is 3.59. The van der Waals surface area contributed by atoms with Crippen molar-refractivity contribution in [1.29, 1.82) is 5.26 Å². The van der Waals surface area contributed by atoms with E-state index in [0.717, 1.165) is 5.69 Å². The van der Waals surface area contributed by atoms with Gasteiger partial charge in [-0.15, -0.1) is 0 Å². The van der Waals surface area contributed by atoms with E-state index in [1.54, 1.807) is 36.9 Å². The number of nitrogens with one attached hydrogen (secondary N) is 1. The van der Waals surface area contributed by atoms with Crippen molar-refractivity contribution in [1.82, 2.24) is 9.78 Å². The van der Waals surface area contributed by atoms with Gasteiger partial charge in [0.15, 0.2) is 0 Å². The summed E-state index contributed by atoms with van der Waals surface area (Å²) in [4.78, 5) is 12.3. The fourth-order valence-electron chi connectivity index (χ4n) is 2.00. The van der Waals surface area contributed by atoms with Crippen LogP contribution in [0.1, 0.15) is 27.3 Å². The summed E-state index contributed by atoms with van der Waals surface area (Å²) in [5, 5.41) is 16.4. The molecule has 1 N–H and O–H groups in total. The third-order valence-corrected chi connectivity index (χ3v) is 3.32. The third-order valence-electron chi connectivity index (χ3n) is 3.09. The highest BCUT2D eigenvalue weighted by Crippen LogP contribution is 2.22. The van der Waals surface area contributed by atoms with Crippen LogP contribution in [0, 0.1) is 25.2 Å². The molecule has 0 saturated carbocycles. The maximum Gasteiger partial charge on any atom is 0.259 e. The Balaban J connectivity index is 2.38. The Bertz CT molecular complexity index is 728. The molecule has 0 saturated heterocycles. The molecule has 2 rings (SSSR count). The number of aryl methyl sites for hydroxylation is 2. The van der Waals surface area contributed by atoms with Crippen molar-refractivity contribution in [2.45, 2.75) is 13.8 Å². The third kappa shape index (κ3) is 2.51. The monoisotopic (exact) mass is 288 g/mol. The van der Waals surface area contributed by atoms with Gasteiger partial charge in [0.25, 0.3) is 5.91 Å². The first-order valence-corrected chi connectivity index (χ1v) is 6.33. The van der Waals surface area contributed by atoms with Crippen molar-refractivity contribution < 1.29 is 4.79 Å². The summed E-state index contributed by atoms with van der Waals surface area (Å²) in [5.41, 5.74) is 2.68. The second-order valence-electron chi connectivity index (χ2n) is 4.43. The lowest BCUT2D eigenvalue weighted by atomic mass is 10.1. The number of carbonyl (C=O) groups is 1. The fourth-order valence-corrected chi connectivity index (χ4v) is 2.18. The Hall–Kier alpha value is -2.32. The molecule has 0 atom stereocenters. The molecule has 1 aromatic heterocycles. The van der Waals surface area contributed by atoms with Gasteiger partial charge in [-0.2, -0.15) is 10.4 Å². The smallest absolute Gasteiger partial charge is 0.259 e. The van der Waals surface area contributed by atoms with Gasteiger partial charge in [-0.3, -0.25) is 9.48 Å². The SMILES string of the molecule is Cc1nn(C)c(C)c1C(=O)Nc1cc(Cl)ccc1C#N. The molecule has 1 aromatic carbocycles. The molecule has 1 heterocycles. The van der Waals surface area contributed by atoms with Gasteiger partial charge >= 0.3 is 0 Å². The Labute approximate surface area is 121 Å². The van der Waals surface area contributed by atoms with Gasteiger partial charge < -0.3 is 5.32 Å². The number of hydrogen-bond acceptors (Lipinski definition) is 3. The lowest BCUT2D eigenvalue weighted by molar-refractivity contribution is 0.102. The average molecular weight is 289 g/mol. The molecule has 0 spiro atoms. The number of nitrogens with zero attached hydrogens (tertiary/aromatic N) is 3. The molecule has 0 fully saturated rings.